The van der Waals surface area contributed by atoms with Crippen LogP contribution in [0.1, 0.15) is 32.4 Å². The summed E-state index contributed by atoms with van der Waals surface area (Å²) in [5, 5.41) is 3.55. The lowest BCUT2D eigenvalue weighted by Gasteiger charge is -2.32. The molecule has 17 heavy (non-hydrogen) atoms. The molecule has 1 aromatic heterocycles. The summed E-state index contributed by atoms with van der Waals surface area (Å²) in [6, 6.07) is 2.50. The van der Waals surface area contributed by atoms with Crippen molar-refractivity contribution >= 4 is 0 Å². The van der Waals surface area contributed by atoms with E-state index in [1.54, 1.807) is 12.5 Å². The highest BCUT2D eigenvalue weighted by Crippen LogP contribution is 2.20. The number of aromatic nitrogens is 2. The van der Waals surface area contributed by atoms with E-state index in [4.69, 9.17) is 4.74 Å². The average molecular weight is 235 g/mol. The number of nitrogens with one attached hydrogen (secondary N) is 1. The quantitative estimate of drug-likeness (QED) is 0.864. The van der Waals surface area contributed by atoms with Gasteiger partial charge in [-0.3, -0.25) is 0 Å². The molecular formula is C13H21N3O. The van der Waals surface area contributed by atoms with Crippen molar-refractivity contribution in [2.45, 2.75) is 45.4 Å². The van der Waals surface area contributed by atoms with Crippen molar-refractivity contribution in [3.8, 4) is 0 Å². The van der Waals surface area contributed by atoms with Crippen LogP contribution in [0.15, 0.2) is 18.6 Å². The van der Waals surface area contributed by atoms with Crippen LogP contribution in [0.4, 0.5) is 0 Å². The van der Waals surface area contributed by atoms with Gasteiger partial charge in [0.2, 0.25) is 0 Å². The molecule has 1 N–H and O–H groups in total. The van der Waals surface area contributed by atoms with Crippen LogP contribution in [-0.4, -0.2) is 28.7 Å². The Bertz CT molecular complexity index is 329. The lowest BCUT2D eigenvalue weighted by atomic mass is 9.95. The molecule has 94 valence electrons. The molecule has 1 fully saturated rings. The Morgan fingerprint density at radius 3 is 3.12 bits per heavy atom. The molecule has 0 saturated carbocycles. The summed E-state index contributed by atoms with van der Waals surface area (Å²) in [5.74, 6) is 0.596. The molecule has 1 aliphatic rings. The van der Waals surface area contributed by atoms with Crippen molar-refractivity contribution in [3.63, 3.8) is 0 Å². The third kappa shape index (κ3) is 3.75. The van der Waals surface area contributed by atoms with Gasteiger partial charge in [-0.2, -0.15) is 0 Å². The van der Waals surface area contributed by atoms with E-state index in [-0.39, 0.29) is 0 Å². The SMILES string of the molecule is CC(C)C1CC(NCc2ccncn2)CCO1. The molecule has 1 saturated heterocycles. The predicted octanol–water partition coefficient (Wildman–Crippen LogP) is 1.77. The first-order valence-electron chi connectivity index (χ1n) is 6.35. The number of nitrogens with zero attached hydrogens (tertiary/aromatic N) is 2. The van der Waals surface area contributed by atoms with Crippen LogP contribution < -0.4 is 5.32 Å². The zero-order valence-electron chi connectivity index (χ0n) is 10.6. The maximum atomic E-state index is 5.76. The van der Waals surface area contributed by atoms with Gasteiger partial charge in [0.1, 0.15) is 6.33 Å². The maximum Gasteiger partial charge on any atom is 0.115 e. The smallest absolute Gasteiger partial charge is 0.115 e. The molecule has 1 aliphatic heterocycles. The first-order chi connectivity index (χ1) is 8.25. The van der Waals surface area contributed by atoms with Gasteiger partial charge in [-0.25, -0.2) is 9.97 Å². The van der Waals surface area contributed by atoms with E-state index in [0.29, 0.717) is 18.1 Å². The second-order valence-corrected chi connectivity index (χ2v) is 4.96. The molecule has 2 atom stereocenters. The van der Waals surface area contributed by atoms with Crippen molar-refractivity contribution in [2.24, 2.45) is 5.92 Å². The van der Waals surface area contributed by atoms with E-state index in [9.17, 15) is 0 Å². The summed E-state index contributed by atoms with van der Waals surface area (Å²) in [7, 11) is 0. The summed E-state index contributed by atoms with van der Waals surface area (Å²) in [5.41, 5.74) is 1.05. The van der Waals surface area contributed by atoms with E-state index in [1.165, 1.54) is 0 Å². The van der Waals surface area contributed by atoms with Crippen molar-refractivity contribution in [1.82, 2.24) is 15.3 Å². The third-order valence-corrected chi connectivity index (χ3v) is 3.27. The van der Waals surface area contributed by atoms with Crippen LogP contribution in [-0.2, 0) is 11.3 Å². The Morgan fingerprint density at radius 2 is 2.41 bits per heavy atom. The largest absolute Gasteiger partial charge is 0.378 e. The molecule has 0 aliphatic carbocycles. The van der Waals surface area contributed by atoms with Crippen LogP contribution in [0.2, 0.25) is 0 Å². The minimum absolute atomic E-state index is 0.395. The van der Waals surface area contributed by atoms with Crippen molar-refractivity contribution < 1.29 is 4.74 Å². The highest BCUT2D eigenvalue weighted by molar-refractivity contribution is 4.97. The molecule has 2 heterocycles. The molecule has 4 nitrogen and oxygen atoms in total. The molecule has 0 radical (unpaired) electrons. The highest BCUT2D eigenvalue weighted by atomic mass is 16.5. The standard InChI is InChI=1S/C13H21N3O/c1-10(2)13-7-11(4-6-17-13)15-8-12-3-5-14-9-16-12/h3,5,9-11,13,15H,4,6-8H2,1-2H3. The van der Waals surface area contributed by atoms with Gasteiger partial charge < -0.3 is 10.1 Å². The molecule has 1 aromatic rings. The molecule has 0 amide bonds. The molecule has 2 rings (SSSR count). The zero-order valence-corrected chi connectivity index (χ0v) is 10.6. The maximum absolute atomic E-state index is 5.76. The first-order valence-corrected chi connectivity index (χ1v) is 6.35. The lowest BCUT2D eigenvalue weighted by molar-refractivity contribution is -0.0246. The zero-order chi connectivity index (χ0) is 12.1. The van der Waals surface area contributed by atoms with Gasteiger partial charge in [0, 0.05) is 25.4 Å². The average Bonchev–Trinajstić information content (AvgIpc) is 2.38. The molecule has 4 heteroatoms. The van der Waals surface area contributed by atoms with Crippen LogP contribution >= 0.6 is 0 Å². The van der Waals surface area contributed by atoms with E-state index in [0.717, 1.165) is 31.7 Å². The van der Waals surface area contributed by atoms with Gasteiger partial charge in [-0.15, -0.1) is 0 Å². The lowest BCUT2D eigenvalue weighted by Crippen LogP contribution is -2.40. The van der Waals surface area contributed by atoms with E-state index in [1.807, 2.05) is 6.07 Å². The molecular weight excluding hydrogens is 214 g/mol. The third-order valence-electron chi connectivity index (χ3n) is 3.27. The van der Waals surface area contributed by atoms with Gasteiger partial charge in [-0.05, 0) is 24.8 Å². The summed E-state index contributed by atoms with van der Waals surface area (Å²) in [6.45, 7) is 6.12. The second kappa shape index (κ2) is 6.07. The Hall–Kier alpha value is -1.00. The Labute approximate surface area is 103 Å². The Balaban J connectivity index is 1.79. The highest BCUT2D eigenvalue weighted by Gasteiger charge is 2.24. The van der Waals surface area contributed by atoms with Crippen LogP contribution in [0.5, 0.6) is 0 Å². The van der Waals surface area contributed by atoms with Gasteiger partial charge in [0.15, 0.2) is 0 Å². The minimum Gasteiger partial charge on any atom is -0.378 e. The fourth-order valence-corrected chi connectivity index (χ4v) is 2.15. The monoisotopic (exact) mass is 235 g/mol. The summed E-state index contributed by atoms with van der Waals surface area (Å²) >= 11 is 0. The molecule has 0 bridgehead atoms. The number of rotatable bonds is 4. The van der Waals surface area contributed by atoms with Crippen LogP contribution in [0.25, 0.3) is 0 Å². The van der Waals surface area contributed by atoms with E-state index < -0.39 is 0 Å². The summed E-state index contributed by atoms with van der Waals surface area (Å²) < 4.78 is 5.76. The molecule has 0 spiro atoms. The fourth-order valence-electron chi connectivity index (χ4n) is 2.15. The number of hydrogen-bond donors (Lipinski definition) is 1. The van der Waals surface area contributed by atoms with Crippen molar-refractivity contribution in [1.29, 1.82) is 0 Å². The number of hydrogen-bond acceptors (Lipinski definition) is 4. The van der Waals surface area contributed by atoms with Crippen molar-refractivity contribution in [3.05, 3.63) is 24.3 Å². The van der Waals surface area contributed by atoms with E-state index >= 15 is 0 Å². The topological polar surface area (TPSA) is 47.0 Å². The van der Waals surface area contributed by atoms with Crippen molar-refractivity contribution in [2.75, 3.05) is 6.61 Å². The van der Waals surface area contributed by atoms with Crippen LogP contribution in [0, 0.1) is 5.92 Å². The van der Waals surface area contributed by atoms with Gasteiger partial charge >= 0.3 is 0 Å². The van der Waals surface area contributed by atoms with E-state index in [2.05, 4.69) is 29.1 Å². The van der Waals surface area contributed by atoms with Crippen LogP contribution in [0.3, 0.4) is 0 Å². The first kappa shape index (κ1) is 12.5. The van der Waals surface area contributed by atoms with Gasteiger partial charge in [0.05, 0.1) is 11.8 Å². The molecule has 2 unspecified atom stereocenters. The summed E-state index contributed by atoms with van der Waals surface area (Å²) in [6.07, 6.45) is 5.96. The fraction of sp³-hybridized carbons (Fsp3) is 0.692. The predicted molar refractivity (Wildman–Crippen MR) is 66.5 cm³/mol. The molecule has 0 aromatic carbocycles. The second-order valence-electron chi connectivity index (χ2n) is 4.96. The number of ether oxygens (including phenoxy) is 1. The van der Waals surface area contributed by atoms with Gasteiger partial charge in [0.25, 0.3) is 0 Å². The van der Waals surface area contributed by atoms with Gasteiger partial charge in [-0.1, -0.05) is 13.8 Å². The normalized spacial score (nSPS) is 25.1. The minimum atomic E-state index is 0.395. The summed E-state index contributed by atoms with van der Waals surface area (Å²) in [4.78, 5) is 8.13. The Kier molecular flexibility index (Phi) is 4.45. The Morgan fingerprint density at radius 1 is 1.53 bits per heavy atom.